The van der Waals surface area contributed by atoms with Gasteiger partial charge in [0.25, 0.3) is 0 Å². The first-order chi connectivity index (χ1) is 13.3. The fourth-order valence-corrected chi connectivity index (χ4v) is 2.47. The Morgan fingerprint density at radius 3 is 1.76 bits per heavy atom. The number of carboxylic acid groups (broad SMARTS) is 1. The van der Waals surface area contributed by atoms with Crippen LogP contribution in [-0.4, -0.2) is 64.6 Å². The van der Waals surface area contributed by atoms with Gasteiger partial charge in [-0.2, -0.15) is 12.6 Å². The fraction of sp³-hybridized carbons (Fsp3) is 0.706. The smallest absolute Gasteiger partial charge is 0.326 e. The van der Waals surface area contributed by atoms with Crippen LogP contribution in [0.4, 0.5) is 0 Å². The van der Waals surface area contributed by atoms with Gasteiger partial charge in [0.2, 0.25) is 23.6 Å². The van der Waals surface area contributed by atoms with Crippen molar-refractivity contribution < 1.29 is 29.1 Å². The lowest BCUT2D eigenvalue weighted by atomic mass is 10.00. The maximum absolute atomic E-state index is 12.6. The van der Waals surface area contributed by atoms with E-state index in [1.165, 1.54) is 0 Å². The fourth-order valence-electron chi connectivity index (χ4n) is 2.22. The summed E-state index contributed by atoms with van der Waals surface area (Å²) in [6.45, 7) is 6.94. The largest absolute Gasteiger partial charge is 0.480 e. The number of aliphatic carboxylic acids is 1. The average Bonchev–Trinajstić information content (AvgIpc) is 2.61. The van der Waals surface area contributed by atoms with Crippen molar-refractivity contribution in [3.63, 3.8) is 0 Å². The number of rotatable bonds is 12. The first-order valence-electron chi connectivity index (χ1n) is 9.10. The first-order valence-corrected chi connectivity index (χ1v) is 9.73. The number of nitrogens with two attached hydrogens (primary N) is 2. The first kappa shape index (κ1) is 26.7. The molecular formula is C17H31N5O6S. The Morgan fingerprint density at radius 1 is 0.862 bits per heavy atom. The number of hydrogen-bond donors (Lipinski definition) is 7. The van der Waals surface area contributed by atoms with Crippen molar-refractivity contribution in [1.29, 1.82) is 0 Å². The lowest BCUT2D eigenvalue weighted by Gasteiger charge is -2.27. The number of carboxylic acids is 1. The molecule has 0 saturated carbocycles. The molecule has 166 valence electrons. The molecule has 0 aliphatic heterocycles. The van der Waals surface area contributed by atoms with Crippen LogP contribution in [0, 0.1) is 11.8 Å². The number of amides is 4. The summed E-state index contributed by atoms with van der Waals surface area (Å²) in [5.41, 5.74) is 10.8. The van der Waals surface area contributed by atoms with Gasteiger partial charge in [0.1, 0.15) is 18.1 Å². The summed E-state index contributed by atoms with van der Waals surface area (Å²) >= 11 is 4.00. The van der Waals surface area contributed by atoms with Crippen LogP contribution in [0.25, 0.3) is 0 Å². The molecule has 0 fully saturated rings. The van der Waals surface area contributed by atoms with Gasteiger partial charge in [-0.05, 0) is 11.8 Å². The van der Waals surface area contributed by atoms with Gasteiger partial charge in [-0.1, -0.05) is 27.7 Å². The summed E-state index contributed by atoms with van der Waals surface area (Å²) in [6.07, 6.45) is -0.605. The standard InChI is InChI=1S/C17H31N5O6S/c1-7(2)12(19)15(25)22-13(8(3)4)16(26)21-10(6-29)14(24)20-9(17(27)28)5-11(18)23/h7-10,12-13,29H,5-6,19H2,1-4H3,(H2,18,23)(H,20,24)(H,21,26)(H,22,25)(H,27,28). The van der Waals surface area contributed by atoms with Crippen LogP contribution < -0.4 is 27.4 Å². The third-order valence-electron chi connectivity index (χ3n) is 4.10. The van der Waals surface area contributed by atoms with Crippen molar-refractivity contribution in [2.45, 2.75) is 58.3 Å². The number of nitrogens with one attached hydrogen (secondary N) is 3. The second-order valence-electron chi connectivity index (χ2n) is 7.31. The summed E-state index contributed by atoms with van der Waals surface area (Å²) in [7, 11) is 0. The highest BCUT2D eigenvalue weighted by Crippen LogP contribution is 2.06. The van der Waals surface area contributed by atoms with Gasteiger partial charge in [0.05, 0.1) is 12.5 Å². The summed E-state index contributed by atoms with van der Waals surface area (Å²) in [5, 5.41) is 16.2. The number of carbonyl (C=O) groups is 5. The molecule has 0 aromatic rings. The van der Waals surface area contributed by atoms with Crippen LogP contribution in [0.3, 0.4) is 0 Å². The molecular weight excluding hydrogens is 402 g/mol. The second kappa shape index (κ2) is 12.3. The number of hydrogen-bond acceptors (Lipinski definition) is 7. The van der Waals surface area contributed by atoms with E-state index in [0.717, 1.165) is 0 Å². The minimum Gasteiger partial charge on any atom is -0.480 e. The minimum absolute atomic E-state index is 0.139. The molecule has 4 amide bonds. The molecule has 11 nitrogen and oxygen atoms in total. The van der Waals surface area contributed by atoms with Crippen LogP contribution in [0.15, 0.2) is 0 Å². The van der Waals surface area contributed by atoms with Crippen LogP contribution in [0.1, 0.15) is 34.1 Å². The zero-order valence-corrected chi connectivity index (χ0v) is 17.9. The number of primary amides is 1. The van der Waals surface area contributed by atoms with Crippen molar-refractivity contribution in [2.24, 2.45) is 23.3 Å². The Labute approximate surface area is 175 Å². The Bertz CT molecular complexity index is 627. The molecule has 8 N–H and O–H groups in total. The van der Waals surface area contributed by atoms with E-state index in [2.05, 4.69) is 28.6 Å². The van der Waals surface area contributed by atoms with Gasteiger partial charge in [0, 0.05) is 5.75 Å². The number of carbonyl (C=O) groups excluding carboxylic acids is 4. The summed E-state index contributed by atoms with van der Waals surface area (Å²) in [6, 6.07) is -4.51. The van der Waals surface area contributed by atoms with Gasteiger partial charge in [-0.15, -0.1) is 0 Å². The summed E-state index contributed by atoms with van der Waals surface area (Å²) < 4.78 is 0. The Kier molecular flexibility index (Phi) is 11.3. The average molecular weight is 434 g/mol. The van der Waals surface area contributed by atoms with Gasteiger partial charge in [-0.25, -0.2) is 4.79 Å². The minimum atomic E-state index is -1.54. The molecule has 29 heavy (non-hydrogen) atoms. The molecule has 4 atom stereocenters. The third kappa shape index (κ3) is 9.13. The number of thiol groups is 1. The van der Waals surface area contributed by atoms with Crippen molar-refractivity contribution in [3.8, 4) is 0 Å². The highest BCUT2D eigenvalue weighted by atomic mass is 32.1. The molecule has 0 radical (unpaired) electrons. The van der Waals surface area contributed by atoms with Crippen LogP contribution in [0.5, 0.6) is 0 Å². The van der Waals surface area contributed by atoms with Crippen molar-refractivity contribution >= 4 is 42.2 Å². The highest BCUT2D eigenvalue weighted by Gasteiger charge is 2.31. The van der Waals surface area contributed by atoms with E-state index in [-0.39, 0.29) is 17.6 Å². The van der Waals surface area contributed by atoms with Gasteiger partial charge >= 0.3 is 5.97 Å². The SMILES string of the molecule is CC(C)C(N)C(=O)NC(C(=O)NC(CS)C(=O)NC(CC(N)=O)C(=O)O)C(C)C. The van der Waals surface area contributed by atoms with E-state index >= 15 is 0 Å². The summed E-state index contributed by atoms with van der Waals surface area (Å²) in [5.74, 6) is -4.97. The van der Waals surface area contributed by atoms with Crippen LogP contribution in [0.2, 0.25) is 0 Å². The molecule has 4 unspecified atom stereocenters. The molecule has 0 aromatic heterocycles. The van der Waals surface area contributed by atoms with Crippen molar-refractivity contribution in [3.05, 3.63) is 0 Å². The topological polar surface area (TPSA) is 194 Å². The van der Waals surface area contributed by atoms with Gasteiger partial charge < -0.3 is 32.5 Å². The molecule has 12 heteroatoms. The zero-order chi connectivity index (χ0) is 22.9. The van der Waals surface area contributed by atoms with E-state index in [4.69, 9.17) is 16.6 Å². The molecule has 0 rings (SSSR count). The predicted octanol–water partition coefficient (Wildman–Crippen LogP) is -2.03. The van der Waals surface area contributed by atoms with E-state index in [1.807, 2.05) is 0 Å². The van der Waals surface area contributed by atoms with Crippen LogP contribution in [-0.2, 0) is 24.0 Å². The van der Waals surface area contributed by atoms with E-state index in [0.29, 0.717) is 0 Å². The van der Waals surface area contributed by atoms with Gasteiger partial charge in [0.15, 0.2) is 0 Å². The van der Waals surface area contributed by atoms with Crippen molar-refractivity contribution in [2.75, 3.05) is 5.75 Å². The maximum Gasteiger partial charge on any atom is 0.326 e. The molecule has 0 aliphatic rings. The lowest BCUT2D eigenvalue weighted by molar-refractivity contribution is -0.143. The van der Waals surface area contributed by atoms with Crippen molar-refractivity contribution in [1.82, 2.24) is 16.0 Å². The quantitative estimate of drug-likeness (QED) is 0.172. The van der Waals surface area contributed by atoms with E-state index in [9.17, 15) is 24.0 Å². The molecule has 0 bridgehead atoms. The molecule has 0 aliphatic carbocycles. The Hall–Kier alpha value is -2.34. The zero-order valence-electron chi connectivity index (χ0n) is 17.0. The lowest BCUT2D eigenvalue weighted by Crippen LogP contribution is -2.59. The van der Waals surface area contributed by atoms with E-state index in [1.54, 1.807) is 27.7 Å². The Balaban J connectivity index is 5.20. The van der Waals surface area contributed by atoms with Gasteiger partial charge in [-0.3, -0.25) is 19.2 Å². The van der Waals surface area contributed by atoms with E-state index < -0.39 is 60.2 Å². The van der Waals surface area contributed by atoms with Crippen LogP contribution >= 0.6 is 12.6 Å². The predicted molar refractivity (Wildman–Crippen MR) is 109 cm³/mol. The molecule has 0 saturated heterocycles. The normalized spacial score (nSPS) is 15.2. The monoisotopic (exact) mass is 433 g/mol. The highest BCUT2D eigenvalue weighted by molar-refractivity contribution is 7.80. The maximum atomic E-state index is 12.6. The molecule has 0 spiro atoms. The third-order valence-corrected chi connectivity index (χ3v) is 4.47. The molecule has 0 aromatic carbocycles. The Morgan fingerprint density at radius 2 is 1.38 bits per heavy atom. The second-order valence-corrected chi connectivity index (χ2v) is 7.68. The summed E-state index contributed by atoms with van der Waals surface area (Å²) in [4.78, 5) is 59.2. The molecule has 0 heterocycles.